The van der Waals surface area contributed by atoms with Gasteiger partial charge in [-0.25, -0.2) is 13.4 Å². The van der Waals surface area contributed by atoms with E-state index in [2.05, 4.69) is 15.4 Å². The molecule has 9 heteroatoms. The number of hydrogen-bond acceptors (Lipinski definition) is 6. The largest absolute Gasteiger partial charge is 0.369 e. The van der Waals surface area contributed by atoms with Gasteiger partial charge in [-0.1, -0.05) is 18.9 Å². The van der Waals surface area contributed by atoms with Gasteiger partial charge in [0.1, 0.15) is 11.9 Å². The van der Waals surface area contributed by atoms with E-state index in [9.17, 15) is 8.42 Å². The minimum absolute atomic E-state index is 0.236. The number of anilines is 2. The summed E-state index contributed by atoms with van der Waals surface area (Å²) in [6.45, 7) is 3.10. The molecule has 8 nitrogen and oxygen atoms in total. The number of aryl methyl sites for hydroxylation is 2. The van der Waals surface area contributed by atoms with Crippen molar-refractivity contribution in [1.82, 2.24) is 19.1 Å². The van der Waals surface area contributed by atoms with Gasteiger partial charge in [0, 0.05) is 31.9 Å². The van der Waals surface area contributed by atoms with Gasteiger partial charge in [-0.15, -0.1) is 0 Å². The van der Waals surface area contributed by atoms with Crippen LogP contribution in [0.4, 0.5) is 11.6 Å². The van der Waals surface area contributed by atoms with Gasteiger partial charge in [-0.3, -0.25) is 4.68 Å². The maximum absolute atomic E-state index is 12.9. The molecule has 28 heavy (non-hydrogen) atoms. The van der Waals surface area contributed by atoms with Crippen molar-refractivity contribution in [3.8, 4) is 0 Å². The highest BCUT2D eigenvalue weighted by Gasteiger charge is 2.37. The number of pyridine rings is 1. The Bertz CT molecular complexity index is 917. The quantitative estimate of drug-likeness (QED) is 0.822. The summed E-state index contributed by atoms with van der Waals surface area (Å²) in [6.07, 6.45) is 3.17. The Morgan fingerprint density at radius 3 is 2.71 bits per heavy atom. The molecule has 1 saturated heterocycles. The molecule has 1 unspecified atom stereocenters. The molecular formula is C19H27N5O3S. The lowest BCUT2D eigenvalue weighted by Crippen LogP contribution is -2.45. The van der Waals surface area contributed by atoms with Crippen molar-refractivity contribution in [2.75, 3.05) is 25.0 Å². The van der Waals surface area contributed by atoms with Gasteiger partial charge in [-0.2, -0.15) is 9.40 Å². The number of hydrogen-bond donors (Lipinski definition) is 1. The smallest absolute Gasteiger partial charge is 0.217 e. The van der Waals surface area contributed by atoms with Crippen LogP contribution in [0.2, 0.25) is 0 Å². The fraction of sp³-hybridized carbons (Fsp3) is 0.579. The predicted octanol–water partition coefficient (Wildman–Crippen LogP) is 2.51. The molecule has 0 bridgehead atoms. The van der Waals surface area contributed by atoms with Gasteiger partial charge in [0.2, 0.25) is 10.0 Å². The van der Waals surface area contributed by atoms with E-state index in [1.54, 1.807) is 8.99 Å². The fourth-order valence-electron chi connectivity index (χ4n) is 3.89. The Kier molecular flexibility index (Phi) is 5.39. The number of nitrogens with one attached hydrogen (secondary N) is 1. The van der Waals surface area contributed by atoms with E-state index in [1.807, 2.05) is 38.2 Å². The van der Waals surface area contributed by atoms with Gasteiger partial charge in [-0.05, 0) is 31.9 Å². The summed E-state index contributed by atoms with van der Waals surface area (Å²) in [5.74, 6) is 1.38. The molecule has 2 fully saturated rings. The first-order valence-electron chi connectivity index (χ1n) is 9.78. The summed E-state index contributed by atoms with van der Waals surface area (Å²) >= 11 is 0. The highest BCUT2D eigenvalue weighted by atomic mass is 32.2. The topological polar surface area (TPSA) is 89.3 Å². The third kappa shape index (κ3) is 3.92. The Morgan fingerprint density at radius 2 is 2.00 bits per heavy atom. The lowest BCUT2D eigenvalue weighted by molar-refractivity contribution is -0.00512. The van der Waals surface area contributed by atoms with Crippen molar-refractivity contribution in [3.05, 3.63) is 35.7 Å². The fourth-order valence-corrected chi connectivity index (χ4v) is 5.91. The van der Waals surface area contributed by atoms with Crippen LogP contribution in [-0.2, 0) is 21.8 Å². The van der Waals surface area contributed by atoms with E-state index in [4.69, 9.17) is 4.74 Å². The van der Waals surface area contributed by atoms with Crippen LogP contribution in [0.15, 0.2) is 24.3 Å². The molecule has 2 aromatic heterocycles. The van der Waals surface area contributed by atoms with Crippen LogP contribution in [0.1, 0.15) is 43.2 Å². The number of ether oxygens (including phenoxy) is 1. The van der Waals surface area contributed by atoms with Crippen molar-refractivity contribution in [1.29, 1.82) is 0 Å². The van der Waals surface area contributed by atoms with E-state index < -0.39 is 10.0 Å². The van der Waals surface area contributed by atoms with Crippen LogP contribution in [0.5, 0.6) is 0 Å². The molecule has 4 rings (SSSR count). The molecule has 1 N–H and O–H groups in total. The molecule has 2 aromatic rings. The molecule has 0 radical (unpaired) electrons. The lowest BCUT2D eigenvalue weighted by Gasteiger charge is -2.33. The normalized spacial score (nSPS) is 21.9. The van der Waals surface area contributed by atoms with E-state index >= 15 is 0 Å². The van der Waals surface area contributed by atoms with Gasteiger partial charge in [0.15, 0.2) is 5.82 Å². The highest BCUT2D eigenvalue weighted by molar-refractivity contribution is 7.89. The number of nitrogens with zero attached hydrogens (tertiary/aromatic N) is 4. The molecule has 152 valence electrons. The van der Waals surface area contributed by atoms with Crippen molar-refractivity contribution >= 4 is 21.7 Å². The van der Waals surface area contributed by atoms with Crippen LogP contribution < -0.4 is 5.32 Å². The zero-order chi connectivity index (χ0) is 19.7. The van der Waals surface area contributed by atoms with Crippen LogP contribution in [0.25, 0.3) is 0 Å². The second-order valence-electron chi connectivity index (χ2n) is 7.54. The first-order valence-corrected chi connectivity index (χ1v) is 11.3. The van der Waals surface area contributed by atoms with E-state index in [0.29, 0.717) is 25.5 Å². The van der Waals surface area contributed by atoms with Crippen LogP contribution in [-0.4, -0.2) is 52.4 Å². The zero-order valence-electron chi connectivity index (χ0n) is 16.3. The van der Waals surface area contributed by atoms with Gasteiger partial charge >= 0.3 is 0 Å². The number of sulfonamides is 1. The molecule has 0 amide bonds. The Hall–Kier alpha value is -1.97. The third-order valence-corrected chi connectivity index (χ3v) is 7.95. The van der Waals surface area contributed by atoms with Crippen molar-refractivity contribution in [2.24, 2.45) is 7.05 Å². The van der Waals surface area contributed by atoms with Gasteiger partial charge < -0.3 is 10.1 Å². The summed E-state index contributed by atoms with van der Waals surface area (Å²) in [5.41, 5.74) is 1.77. The van der Waals surface area contributed by atoms with Crippen LogP contribution >= 0.6 is 0 Å². The Morgan fingerprint density at radius 1 is 1.21 bits per heavy atom. The minimum Gasteiger partial charge on any atom is -0.369 e. The summed E-state index contributed by atoms with van der Waals surface area (Å²) in [7, 11) is -1.38. The Labute approximate surface area is 166 Å². The van der Waals surface area contributed by atoms with Crippen molar-refractivity contribution in [3.63, 3.8) is 0 Å². The molecule has 0 aromatic carbocycles. The highest BCUT2D eigenvalue weighted by Crippen LogP contribution is 2.30. The summed E-state index contributed by atoms with van der Waals surface area (Å²) < 4.78 is 35.1. The summed E-state index contributed by atoms with van der Waals surface area (Å²) in [5, 5.41) is 7.35. The van der Waals surface area contributed by atoms with Crippen LogP contribution in [0, 0.1) is 6.92 Å². The molecule has 3 heterocycles. The molecular weight excluding hydrogens is 378 g/mol. The SMILES string of the molecule is Cc1cc(Nc2cccc(C3CN(S(=O)(=O)C4CCCC4)CCO3)n2)nn1C. The minimum atomic E-state index is -3.27. The van der Waals surface area contributed by atoms with E-state index in [-0.39, 0.29) is 11.4 Å². The lowest BCUT2D eigenvalue weighted by atomic mass is 10.2. The van der Waals surface area contributed by atoms with Crippen LogP contribution in [0.3, 0.4) is 0 Å². The average molecular weight is 406 g/mol. The first kappa shape index (κ1) is 19.4. The second kappa shape index (κ2) is 7.81. The number of rotatable bonds is 5. The summed E-state index contributed by atoms with van der Waals surface area (Å²) in [4.78, 5) is 4.64. The third-order valence-electron chi connectivity index (χ3n) is 5.58. The summed E-state index contributed by atoms with van der Waals surface area (Å²) in [6, 6.07) is 7.59. The predicted molar refractivity (Wildman–Crippen MR) is 107 cm³/mol. The van der Waals surface area contributed by atoms with Crippen molar-refractivity contribution in [2.45, 2.75) is 44.0 Å². The van der Waals surface area contributed by atoms with E-state index in [1.165, 1.54) is 0 Å². The average Bonchev–Trinajstić information content (AvgIpc) is 3.33. The molecule has 1 atom stereocenters. The maximum atomic E-state index is 12.9. The number of morpholine rings is 1. The van der Waals surface area contributed by atoms with Crippen molar-refractivity contribution < 1.29 is 13.2 Å². The van der Waals surface area contributed by atoms with E-state index in [0.717, 1.165) is 42.9 Å². The second-order valence-corrected chi connectivity index (χ2v) is 9.75. The maximum Gasteiger partial charge on any atom is 0.217 e. The molecule has 2 aliphatic rings. The number of aromatic nitrogens is 3. The monoisotopic (exact) mass is 405 g/mol. The molecule has 1 saturated carbocycles. The zero-order valence-corrected chi connectivity index (χ0v) is 17.2. The van der Waals surface area contributed by atoms with Gasteiger partial charge in [0.05, 0.1) is 17.6 Å². The van der Waals surface area contributed by atoms with Gasteiger partial charge in [0.25, 0.3) is 0 Å². The molecule has 1 aliphatic heterocycles. The molecule has 1 aliphatic carbocycles. The standard InChI is InChI=1S/C19H27N5O3S/c1-14-12-19(22-23(14)2)21-18-9-5-8-16(20-18)17-13-24(10-11-27-17)28(25,26)15-6-3-4-7-15/h5,8-9,12,15,17H,3-4,6-7,10-11,13H2,1-2H3,(H,20,21,22). The first-order chi connectivity index (χ1) is 13.4. The molecule has 0 spiro atoms. The Balaban J connectivity index is 1.49.